The minimum atomic E-state index is -3.43. The lowest BCUT2D eigenvalue weighted by molar-refractivity contribution is -0.116. The monoisotopic (exact) mass is 604 g/mol. The molecule has 1 aromatic heterocycles. The van der Waals surface area contributed by atoms with Gasteiger partial charge in [-0.15, -0.1) is 0 Å². The van der Waals surface area contributed by atoms with Gasteiger partial charge in [0.05, 0.1) is 15.2 Å². The summed E-state index contributed by atoms with van der Waals surface area (Å²) >= 11 is 0. The number of aromatic nitrogens is 1. The van der Waals surface area contributed by atoms with Crippen LogP contribution in [0.25, 0.3) is 33.7 Å². The maximum atomic E-state index is 13.5. The van der Waals surface area contributed by atoms with Crippen LogP contribution in [0.3, 0.4) is 0 Å². The highest BCUT2D eigenvalue weighted by atomic mass is 32.2. The standard InChI is InChI=1S/C33H36N2O5S2/c1-32(2,3)35-31(36)29(23-13-15-27(16-14-23)41(6,37)38)19-22-10-8-11-24(18-22)28-21-26(33(4,5)42(7,39)40)20-25-12-9-17-34-30(25)28/h8-21H,1-7H3,(H,35,36)/b29-19+. The fraction of sp³-hybridized carbons (Fsp3) is 0.273. The zero-order valence-corrected chi connectivity index (χ0v) is 26.5. The Morgan fingerprint density at radius 3 is 2.10 bits per heavy atom. The number of fused-ring (bicyclic) bond motifs is 1. The average Bonchev–Trinajstić information content (AvgIpc) is 2.89. The van der Waals surface area contributed by atoms with Crippen molar-refractivity contribution in [1.82, 2.24) is 10.3 Å². The van der Waals surface area contributed by atoms with Crippen LogP contribution in [0.2, 0.25) is 0 Å². The average molecular weight is 605 g/mol. The molecule has 0 bridgehead atoms. The minimum Gasteiger partial charge on any atom is -0.347 e. The van der Waals surface area contributed by atoms with Crippen molar-refractivity contribution in [3.8, 4) is 11.1 Å². The van der Waals surface area contributed by atoms with Crippen LogP contribution in [0.5, 0.6) is 0 Å². The first kappa shape index (κ1) is 31.1. The highest BCUT2D eigenvalue weighted by Crippen LogP contribution is 2.37. The first-order valence-corrected chi connectivity index (χ1v) is 17.2. The van der Waals surface area contributed by atoms with Gasteiger partial charge in [-0.1, -0.05) is 36.4 Å². The third-order valence-electron chi connectivity index (χ3n) is 7.16. The Labute approximate surface area is 248 Å². The molecule has 1 amide bonds. The highest BCUT2D eigenvalue weighted by Gasteiger charge is 2.33. The predicted octanol–water partition coefficient (Wildman–Crippen LogP) is 6.04. The van der Waals surface area contributed by atoms with E-state index in [1.807, 2.05) is 69.3 Å². The number of carbonyl (C=O) groups is 1. The van der Waals surface area contributed by atoms with E-state index in [1.165, 1.54) is 18.4 Å². The van der Waals surface area contributed by atoms with Crippen LogP contribution in [-0.4, -0.2) is 45.8 Å². The lowest BCUT2D eigenvalue weighted by atomic mass is 9.92. The quantitative estimate of drug-likeness (QED) is 0.203. The van der Waals surface area contributed by atoms with Crippen LogP contribution in [0.15, 0.2) is 83.9 Å². The SMILES string of the molecule is CC(C)(C)NC(=O)/C(=C/c1cccc(-c2cc(C(C)(C)S(C)(=O)=O)cc3cccnc23)c1)c1ccc(S(C)(=O)=O)cc1. The maximum Gasteiger partial charge on any atom is 0.252 e. The van der Waals surface area contributed by atoms with Crippen LogP contribution < -0.4 is 5.32 Å². The van der Waals surface area contributed by atoms with Gasteiger partial charge in [0, 0.05) is 40.8 Å². The molecule has 0 aliphatic rings. The van der Waals surface area contributed by atoms with Crippen molar-refractivity contribution in [3.05, 3.63) is 95.7 Å². The lowest BCUT2D eigenvalue weighted by Crippen LogP contribution is -2.41. The van der Waals surface area contributed by atoms with Crippen LogP contribution in [-0.2, 0) is 29.2 Å². The fourth-order valence-electron chi connectivity index (χ4n) is 4.51. The Hall–Kier alpha value is -3.82. The predicted molar refractivity (Wildman–Crippen MR) is 170 cm³/mol. The van der Waals surface area contributed by atoms with E-state index in [-0.39, 0.29) is 10.8 Å². The Kier molecular flexibility index (Phi) is 8.23. The number of hydrogen-bond donors (Lipinski definition) is 1. The number of pyridine rings is 1. The number of amides is 1. The molecular formula is C33H36N2O5S2. The molecule has 0 atom stereocenters. The molecule has 0 saturated heterocycles. The molecule has 0 fully saturated rings. The Bertz CT molecular complexity index is 1920. The number of benzene rings is 3. The molecule has 42 heavy (non-hydrogen) atoms. The van der Waals surface area contributed by atoms with Crippen molar-refractivity contribution in [2.45, 2.75) is 49.8 Å². The van der Waals surface area contributed by atoms with E-state index in [0.29, 0.717) is 16.7 Å². The van der Waals surface area contributed by atoms with E-state index in [0.717, 1.165) is 33.8 Å². The third-order valence-corrected chi connectivity index (χ3v) is 10.4. The van der Waals surface area contributed by atoms with Crippen molar-refractivity contribution in [2.24, 2.45) is 0 Å². The number of hydrogen-bond acceptors (Lipinski definition) is 6. The number of carbonyl (C=O) groups excluding carboxylic acids is 1. The second-order valence-electron chi connectivity index (χ2n) is 12.1. The number of sulfone groups is 2. The van der Waals surface area contributed by atoms with Crippen molar-refractivity contribution in [3.63, 3.8) is 0 Å². The maximum absolute atomic E-state index is 13.5. The molecule has 0 radical (unpaired) electrons. The van der Waals surface area contributed by atoms with Crippen molar-refractivity contribution < 1.29 is 21.6 Å². The fourth-order valence-corrected chi connectivity index (χ4v) is 5.68. The Morgan fingerprint density at radius 2 is 1.50 bits per heavy atom. The number of nitrogens with zero attached hydrogens (tertiary/aromatic N) is 1. The molecule has 0 saturated carbocycles. The molecule has 0 unspecified atom stereocenters. The van der Waals surface area contributed by atoms with Gasteiger partial charge in [-0.3, -0.25) is 9.78 Å². The van der Waals surface area contributed by atoms with E-state index in [9.17, 15) is 21.6 Å². The van der Waals surface area contributed by atoms with E-state index < -0.39 is 30.0 Å². The van der Waals surface area contributed by atoms with Crippen molar-refractivity contribution >= 4 is 48.1 Å². The number of nitrogens with one attached hydrogen (secondary N) is 1. The number of rotatable bonds is 7. The van der Waals surface area contributed by atoms with E-state index >= 15 is 0 Å². The van der Waals surface area contributed by atoms with E-state index in [1.54, 1.807) is 38.3 Å². The summed E-state index contributed by atoms with van der Waals surface area (Å²) in [4.78, 5) is 18.2. The summed E-state index contributed by atoms with van der Waals surface area (Å²) < 4.78 is 48.3. The van der Waals surface area contributed by atoms with E-state index in [4.69, 9.17) is 0 Å². The first-order valence-electron chi connectivity index (χ1n) is 13.4. The summed E-state index contributed by atoms with van der Waals surface area (Å²) in [7, 11) is -6.82. The third kappa shape index (κ3) is 6.79. The zero-order chi connectivity index (χ0) is 31.1. The molecule has 4 aromatic rings. The molecular weight excluding hydrogens is 569 g/mol. The highest BCUT2D eigenvalue weighted by molar-refractivity contribution is 7.91. The van der Waals surface area contributed by atoms with Gasteiger partial charge in [0.2, 0.25) is 0 Å². The molecule has 220 valence electrons. The minimum absolute atomic E-state index is 0.167. The molecule has 0 aliphatic heterocycles. The molecule has 9 heteroatoms. The second-order valence-corrected chi connectivity index (χ2v) is 16.6. The van der Waals surface area contributed by atoms with Crippen LogP contribution in [0.1, 0.15) is 51.3 Å². The lowest BCUT2D eigenvalue weighted by Gasteiger charge is -2.24. The van der Waals surface area contributed by atoms with Crippen LogP contribution >= 0.6 is 0 Å². The molecule has 1 heterocycles. The first-order chi connectivity index (χ1) is 19.4. The summed E-state index contributed by atoms with van der Waals surface area (Å²) in [5, 5.41) is 3.82. The van der Waals surface area contributed by atoms with Gasteiger partial charge >= 0.3 is 0 Å². The molecule has 4 rings (SSSR count). The Morgan fingerprint density at radius 1 is 0.833 bits per heavy atom. The van der Waals surface area contributed by atoms with Crippen molar-refractivity contribution in [2.75, 3.05) is 12.5 Å². The van der Waals surface area contributed by atoms with Gasteiger partial charge in [0.15, 0.2) is 19.7 Å². The van der Waals surface area contributed by atoms with Gasteiger partial charge in [-0.2, -0.15) is 0 Å². The topological polar surface area (TPSA) is 110 Å². The Balaban J connectivity index is 1.90. The summed E-state index contributed by atoms with van der Waals surface area (Å²) in [6.45, 7) is 9.05. The largest absolute Gasteiger partial charge is 0.347 e. The van der Waals surface area contributed by atoms with Crippen molar-refractivity contribution in [1.29, 1.82) is 0 Å². The normalized spacial score (nSPS) is 13.3. The zero-order valence-electron chi connectivity index (χ0n) is 24.9. The van der Waals surface area contributed by atoms with Gasteiger partial charge in [-0.05, 0) is 99.3 Å². The molecule has 0 spiro atoms. The molecule has 1 N–H and O–H groups in total. The van der Waals surface area contributed by atoms with Crippen LogP contribution in [0.4, 0.5) is 0 Å². The van der Waals surface area contributed by atoms with E-state index in [2.05, 4.69) is 10.3 Å². The van der Waals surface area contributed by atoms with Gasteiger partial charge in [-0.25, -0.2) is 16.8 Å². The van der Waals surface area contributed by atoms with Crippen LogP contribution in [0, 0.1) is 0 Å². The summed E-state index contributed by atoms with van der Waals surface area (Å²) in [6.07, 6.45) is 5.84. The molecule has 7 nitrogen and oxygen atoms in total. The molecule has 0 aliphatic carbocycles. The molecule has 3 aromatic carbocycles. The van der Waals surface area contributed by atoms with Gasteiger partial charge < -0.3 is 5.32 Å². The van der Waals surface area contributed by atoms with Gasteiger partial charge in [0.25, 0.3) is 5.91 Å². The second kappa shape index (κ2) is 11.1. The summed E-state index contributed by atoms with van der Waals surface area (Å²) in [6, 6.07) is 21.3. The van der Waals surface area contributed by atoms with Gasteiger partial charge in [0.1, 0.15) is 0 Å². The summed E-state index contributed by atoms with van der Waals surface area (Å²) in [5.41, 5.74) is 4.13. The smallest absolute Gasteiger partial charge is 0.252 e. The summed E-state index contributed by atoms with van der Waals surface area (Å²) in [5.74, 6) is -0.302.